The van der Waals surface area contributed by atoms with Crippen molar-refractivity contribution in [2.45, 2.75) is 26.1 Å². The lowest BCUT2D eigenvalue weighted by Gasteiger charge is -2.26. The van der Waals surface area contributed by atoms with E-state index in [1.807, 2.05) is 36.1 Å². The molecule has 3 aromatic rings. The summed E-state index contributed by atoms with van der Waals surface area (Å²) in [6, 6.07) is 14.0. The second kappa shape index (κ2) is 7.23. The van der Waals surface area contributed by atoms with E-state index in [9.17, 15) is 9.18 Å². The van der Waals surface area contributed by atoms with Crippen LogP contribution in [-0.2, 0) is 17.9 Å². The highest BCUT2D eigenvalue weighted by Gasteiger charge is 2.26. The zero-order valence-electron chi connectivity index (χ0n) is 15.0. The number of fused-ring (bicyclic) bond motifs is 1. The molecule has 6 heteroatoms. The van der Waals surface area contributed by atoms with Crippen LogP contribution in [0.3, 0.4) is 0 Å². The van der Waals surface area contributed by atoms with Crippen LogP contribution in [-0.4, -0.2) is 33.2 Å². The fourth-order valence-electron chi connectivity index (χ4n) is 3.29. The summed E-state index contributed by atoms with van der Waals surface area (Å²) in [6.45, 7) is 3.04. The van der Waals surface area contributed by atoms with Crippen LogP contribution in [0.25, 0.3) is 11.1 Å². The standard InChI is InChI=1S/C21H20FN3O2/c1-15-14-27-20-7-6-17(16-4-2-5-19(22)11-16)10-18(20)12-25(15)21(26)13-24-9-3-8-23-24/h2-11,15H,12-14H2,1H3. The fourth-order valence-corrected chi connectivity index (χ4v) is 3.29. The van der Waals surface area contributed by atoms with Gasteiger partial charge in [-0.3, -0.25) is 9.48 Å². The third-order valence-electron chi connectivity index (χ3n) is 4.75. The number of benzene rings is 2. The van der Waals surface area contributed by atoms with E-state index in [2.05, 4.69) is 5.10 Å². The minimum absolute atomic E-state index is 0.0150. The first-order valence-corrected chi connectivity index (χ1v) is 8.89. The molecule has 1 aromatic heterocycles. The Hall–Kier alpha value is -3.15. The summed E-state index contributed by atoms with van der Waals surface area (Å²) in [7, 11) is 0. The summed E-state index contributed by atoms with van der Waals surface area (Å²) < 4.78 is 21.1. The zero-order valence-corrected chi connectivity index (χ0v) is 15.0. The number of aromatic nitrogens is 2. The topological polar surface area (TPSA) is 47.4 Å². The third-order valence-corrected chi connectivity index (χ3v) is 4.75. The molecule has 0 fully saturated rings. The van der Waals surface area contributed by atoms with Crippen LogP contribution in [0.5, 0.6) is 5.75 Å². The summed E-state index contributed by atoms with van der Waals surface area (Å²) in [5.74, 6) is 0.471. The molecule has 2 aromatic carbocycles. The van der Waals surface area contributed by atoms with Crippen molar-refractivity contribution in [2.75, 3.05) is 6.61 Å². The second-order valence-corrected chi connectivity index (χ2v) is 6.72. The second-order valence-electron chi connectivity index (χ2n) is 6.72. The molecule has 1 unspecified atom stereocenters. The summed E-state index contributed by atoms with van der Waals surface area (Å²) >= 11 is 0. The molecule has 0 radical (unpaired) electrons. The molecule has 138 valence electrons. The van der Waals surface area contributed by atoms with Crippen molar-refractivity contribution in [2.24, 2.45) is 0 Å². The number of hydrogen-bond donors (Lipinski definition) is 0. The van der Waals surface area contributed by atoms with Gasteiger partial charge in [-0.15, -0.1) is 0 Å². The van der Waals surface area contributed by atoms with Crippen molar-refractivity contribution in [1.29, 1.82) is 0 Å². The number of halogens is 1. The molecule has 5 nitrogen and oxygen atoms in total. The molecule has 0 bridgehead atoms. The van der Waals surface area contributed by atoms with Crippen LogP contribution in [0.4, 0.5) is 4.39 Å². The number of ether oxygens (including phenoxy) is 1. The Labute approximate surface area is 157 Å². The Balaban J connectivity index is 1.62. The first-order chi connectivity index (χ1) is 13.1. The number of rotatable bonds is 3. The molecule has 0 saturated carbocycles. The van der Waals surface area contributed by atoms with Crippen molar-refractivity contribution < 1.29 is 13.9 Å². The molecular formula is C21H20FN3O2. The highest BCUT2D eigenvalue weighted by molar-refractivity contribution is 5.76. The van der Waals surface area contributed by atoms with E-state index >= 15 is 0 Å². The highest BCUT2D eigenvalue weighted by Crippen LogP contribution is 2.30. The Morgan fingerprint density at radius 1 is 1.22 bits per heavy atom. The summed E-state index contributed by atoms with van der Waals surface area (Å²) in [6.07, 6.45) is 3.43. The maximum absolute atomic E-state index is 13.6. The summed E-state index contributed by atoms with van der Waals surface area (Å²) in [5, 5.41) is 4.11. The van der Waals surface area contributed by atoms with Gasteiger partial charge in [-0.1, -0.05) is 18.2 Å². The molecule has 0 spiro atoms. The van der Waals surface area contributed by atoms with Gasteiger partial charge < -0.3 is 9.64 Å². The number of carbonyl (C=O) groups is 1. The summed E-state index contributed by atoms with van der Waals surface area (Å²) in [4.78, 5) is 14.6. The van der Waals surface area contributed by atoms with E-state index in [4.69, 9.17) is 4.74 Å². The van der Waals surface area contributed by atoms with E-state index in [1.165, 1.54) is 12.1 Å². The van der Waals surface area contributed by atoms with Crippen molar-refractivity contribution in [3.8, 4) is 16.9 Å². The Morgan fingerprint density at radius 2 is 2.07 bits per heavy atom. The smallest absolute Gasteiger partial charge is 0.244 e. The van der Waals surface area contributed by atoms with Gasteiger partial charge in [0.25, 0.3) is 0 Å². The normalized spacial score (nSPS) is 16.4. The molecule has 0 aliphatic carbocycles. The third kappa shape index (κ3) is 3.69. The number of hydrogen-bond acceptors (Lipinski definition) is 3. The van der Waals surface area contributed by atoms with Crippen molar-refractivity contribution in [3.63, 3.8) is 0 Å². The molecule has 1 aliphatic heterocycles. The summed E-state index contributed by atoms with van der Waals surface area (Å²) in [5.41, 5.74) is 2.60. The quantitative estimate of drug-likeness (QED) is 0.714. The van der Waals surface area contributed by atoms with E-state index in [-0.39, 0.29) is 24.3 Å². The van der Waals surface area contributed by atoms with E-state index in [0.717, 1.165) is 22.4 Å². The molecule has 1 atom stereocenters. The average molecular weight is 365 g/mol. The highest BCUT2D eigenvalue weighted by atomic mass is 19.1. The van der Waals surface area contributed by atoms with E-state index in [0.29, 0.717) is 13.2 Å². The van der Waals surface area contributed by atoms with Crippen LogP contribution < -0.4 is 4.74 Å². The molecule has 27 heavy (non-hydrogen) atoms. The van der Waals surface area contributed by atoms with Gasteiger partial charge in [-0.25, -0.2) is 4.39 Å². The fraction of sp³-hybridized carbons (Fsp3) is 0.238. The molecular weight excluding hydrogens is 345 g/mol. The van der Waals surface area contributed by atoms with E-state index < -0.39 is 0 Å². The Kier molecular flexibility index (Phi) is 4.62. The minimum atomic E-state index is -0.275. The van der Waals surface area contributed by atoms with Gasteiger partial charge in [0.1, 0.15) is 24.7 Å². The lowest BCUT2D eigenvalue weighted by molar-refractivity contribution is -0.135. The molecule has 2 heterocycles. The number of carbonyl (C=O) groups excluding carboxylic acids is 1. The van der Waals surface area contributed by atoms with Crippen molar-refractivity contribution in [3.05, 3.63) is 72.3 Å². The lowest BCUT2D eigenvalue weighted by Crippen LogP contribution is -2.41. The number of nitrogens with zero attached hydrogens (tertiary/aromatic N) is 3. The van der Waals surface area contributed by atoms with Crippen molar-refractivity contribution >= 4 is 5.91 Å². The Morgan fingerprint density at radius 3 is 2.85 bits per heavy atom. The molecule has 1 amide bonds. The maximum atomic E-state index is 13.6. The van der Waals surface area contributed by atoms with Crippen LogP contribution in [0.15, 0.2) is 60.9 Å². The first kappa shape index (κ1) is 17.3. The zero-order chi connectivity index (χ0) is 18.8. The van der Waals surface area contributed by atoms with Gasteiger partial charge in [0, 0.05) is 24.5 Å². The van der Waals surface area contributed by atoms with Gasteiger partial charge in [0.05, 0.1) is 6.04 Å². The van der Waals surface area contributed by atoms with Crippen LogP contribution in [0, 0.1) is 5.82 Å². The monoisotopic (exact) mass is 365 g/mol. The lowest BCUT2D eigenvalue weighted by atomic mass is 10.0. The largest absolute Gasteiger partial charge is 0.491 e. The van der Waals surface area contributed by atoms with Crippen LogP contribution in [0.1, 0.15) is 12.5 Å². The van der Waals surface area contributed by atoms with Gasteiger partial charge in [0.2, 0.25) is 5.91 Å². The van der Waals surface area contributed by atoms with Gasteiger partial charge in [-0.05, 0) is 48.4 Å². The van der Waals surface area contributed by atoms with Gasteiger partial charge in [0.15, 0.2) is 0 Å². The maximum Gasteiger partial charge on any atom is 0.244 e. The van der Waals surface area contributed by atoms with Crippen LogP contribution in [0.2, 0.25) is 0 Å². The SMILES string of the molecule is CC1COc2ccc(-c3cccc(F)c3)cc2CN1C(=O)Cn1cccn1. The molecule has 0 N–H and O–H groups in total. The van der Waals surface area contributed by atoms with Crippen molar-refractivity contribution in [1.82, 2.24) is 14.7 Å². The van der Waals surface area contributed by atoms with Gasteiger partial charge >= 0.3 is 0 Å². The minimum Gasteiger partial charge on any atom is -0.491 e. The number of amides is 1. The predicted octanol–water partition coefficient (Wildman–Crippen LogP) is 3.50. The Bertz CT molecular complexity index is 956. The van der Waals surface area contributed by atoms with E-state index in [1.54, 1.807) is 29.2 Å². The molecule has 1 aliphatic rings. The van der Waals surface area contributed by atoms with Gasteiger partial charge in [-0.2, -0.15) is 5.10 Å². The average Bonchev–Trinajstić information content (AvgIpc) is 3.11. The molecule has 0 saturated heterocycles. The van der Waals surface area contributed by atoms with Crippen LogP contribution >= 0.6 is 0 Å². The first-order valence-electron chi connectivity index (χ1n) is 8.89. The molecule has 4 rings (SSSR count). The predicted molar refractivity (Wildman–Crippen MR) is 99.6 cm³/mol.